The summed E-state index contributed by atoms with van der Waals surface area (Å²) in [5.74, 6) is 0. The largest absolute Gasteiger partial charge is 0.315 e. The molecule has 0 aromatic rings. The molecule has 30 valence electrons. The van der Waals surface area contributed by atoms with Gasteiger partial charge in [-0.25, -0.2) is 0 Å². The zero-order valence-electron chi connectivity index (χ0n) is 2.68. The molecule has 0 aromatic carbocycles. The second-order valence-electron chi connectivity index (χ2n) is 0.919. The van der Waals surface area contributed by atoms with E-state index in [-0.39, 0.29) is 5.37 Å². The molecule has 3 heteroatoms. The Labute approximate surface area is 34.9 Å². The Kier molecular flexibility index (Phi) is 0.804. The minimum Gasteiger partial charge on any atom is -0.315 e. The summed E-state index contributed by atoms with van der Waals surface area (Å²) in [4.78, 5) is 0. The van der Waals surface area contributed by atoms with Crippen molar-refractivity contribution in [3.8, 4) is 0 Å². The van der Waals surface area contributed by atoms with Crippen LogP contribution in [0.5, 0.6) is 0 Å². The molecule has 1 atom stereocenters. The highest BCUT2D eigenvalue weighted by molar-refractivity contribution is 7.96. The van der Waals surface area contributed by atoms with Crippen molar-refractivity contribution < 1.29 is 4.18 Å². The third kappa shape index (κ3) is 0.560. The van der Waals surface area contributed by atoms with E-state index in [1.54, 1.807) is 0 Å². The Morgan fingerprint density at radius 2 is 2.40 bits per heavy atom. The van der Waals surface area contributed by atoms with Crippen molar-refractivity contribution in [3.05, 3.63) is 0 Å². The summed E-state index contributed by atoms with van der Waals surface area (Å²) >= 11 is 1.34. The van der Waals surface area contributed by atoms with Crippen LogP contribution in [0.4, 0.5) is 0 Å². The fourth-order valence-corrected chi connectivity index (χ4v) is 0.440. The maximum Gasteiger partial charge on any atom is 0.102 e. The molecule has 0 radical (unpaired) electrons. The molecule has 0 aliphatic carbocycles. The SMILES string of the molecule is NC1COS1. The molecule has 0 aromatic heterocycles. The summed E-state index contributed by atoms with van der Waals surface area (Å²) in [5.41, 5.74) is 5.22. The van der Waals surface area contributed by atoms with E-state index in [2.05, 4.69) is 4.18 Å². The minimum atomic E-state index is 0.259. The molecule has 1 fully saturated rings. The minimum absolute atomic E-state index is 0.259. The average Bonchev–Trinajstić information content (AvgIpc) is 1.30. The first-order valence-corrected chi connectivity index (χ1v) is 2.24. The van der Waals surface area contributed by atoms with E-state index in [9.17, 15) is 0 Å². The highest BCUT2D eigenvalue weighted by atomic mass is 32.2. The van der Waals surface area contributed by atoms with E-state index in [1.807, 2.05) is 0 Å². The molecule has 0 bridgehead atoms. The Hall–Kier alpha value is 0.270. The fraction of sp³-hybridized carbons (Fsp3) is 1.00. The van der Waals surface area contributed by atoms with Crippen molar-refractivity contribution in [1.82, 2.24) is 0 Å². The molecule has 1 unspecified atom stereocenters. The molecule has 0 amide bonds. The number of nitrogens with two attached hydrogens (primary N) is 1. The summed E-state index contributed by atoms with van der Waals surface area (Å²) in [6.45, 7) is 0.727. The van der Waals surface area contributed by atoms with Crippen LogP contribution in [0.25, 0.3) is 0 Å². The van der Waals surface area contributed by atoms with Crippen LogP contribution < -0.4 is 5.73 Å². The molecule has 1 aliphatic heterocycles. The maximum atomic E-state index is 5.22. The molecular formula is C2H5NOS. The van der Waals surface area contributed by atoms with Gasteiger partial charge in [-0.05, 0) is 0 Å². The Morgan fingerprint density at radius 3 is 2.40 bits per heavy atom. The van der Waals surface area contributed by atoms with Crippen molar-refractivity contribution in [2.24, 2.45) is 5.73 Å². The second kappa shape index (κ2) is 1.16. The van der Waals surface area contributed by atoms with Gasteiger partial charge >= 0.3 is 0 Å². The first-order valence-electron chi connectivity index (χ1n) is 1.43. The quantitative estimate of drug-likeness (QED) is 0.424. The maximum absolute atomic E-state index is 5.22. The monoisotopic (exact) mass is 91.0 g/mol. The van der Waals surface area contributed by atoms with Crippen LogP contribution in [-0.4, -0.2) is 12.0 Å². The van der Waals surface area contributed by atoms with Gasteiger partial charge in [0.05, 0.1) is 6.61 Å². The van der Waals surface area contributed by atoms with Gasteiger partial charge in [0.2, 0.25) is 0 Å². The van der Waals surface area contributed by atoms with E-state index < -0.39 is 0 Å². The second-order valence-corrected chi connectivity index (χ2v) is 1.95. The number of hydrogen-bond acceptors (Lipinski definition) is 3. The third-order valence-corrected chi connectivity index (χ3v) is 1.08. The van der Waals surface area contributed by atoms with Crippen molar-refractivity contribution in [2.45, 2.75) is 5.37 Å². The van der Waals surface area contributed by atoms with Gasteiger partial charge in [0, 0.05) is 12.0 Å². The van der Waals surface area contributed by atoms with Gasteiger partial charge < -0.3 is 9.92 Å². The van der Waals surface area contributed by atoms with E-state index in [1.165, 1.54) is 12.0 Å². The Bertz CT molecular complexity index is 36.6. The van der Waals surface area contributed by atoms with Crippen LogP contribution in [0.1, 0.15) is 0 Å². The topological polar surface area (TPSA) is 35.2 Å². The standard InChI is InChI=1S/C2H5NOS/c3-2-1-4-5-2/h2H,1,3H2. The summed E-state index contributed by atoms with van der Waals surface area (Å²) in [6.07, 6.45) is 0. The van der Waals surface area contributed by atoms with E-state index in [0.717, 1.165) is 6.61 Å². The van der Waals surface area contributed by atoms with Crippen molar-refractivity contribution in [1.29, 1.82) is 0 Å². The van der Waals surface area contributed by atoms with Crippen LogP contribution in [-0.2, 0) is 4.18 Å². The zero-order chi connectivity index (χ0) is 3.70. The van der Waals surface area contributed by atoms with Gasteiger partial charge in [-0.15, -0.1) is 0 Å². The van der Waals surface area contributed by atoms with Gasteiger partial charge in [0.25, 0.3) is 0 Å². The molecule has 0 spiro atoms. The molecule has 1 heterocycles. The van der Waals surface area contributed by atoms with Crippen LogP contribution in [0.15, 0.2) is 0 Å². The normalized spacial score (nSPS) is 36.6. The van der Waals surface area contributed by atoms with Crippen LogP contribution in [0.3, 0.4) is 0 Å². The van der Waals surface area contributed by atoms with Crippen LogP contribution in [0.2, 0.25) is 0 Å². The lowest BCUT2D eigenvalue weighted by molar-refractivity contribution is 0.316. The Morgan fingerprint density at radius 1 is 2.00 bits per heavy atom. The fourth-order valence-electron chi connectivity index (χ4n) is 0.147. The molecule has 2 nitrogen and oxygen atoms in total. The van der Waals surface area contributed by atoms with Crippen LogP contribution >= 0.6 is 12.0 Å². The summed E-state index contributed by atoms with van der Waals surface area (Å²) in [6, 6.07) is 0. The smallest absolute Gasteiger partial charge is 0.102 e. The van der Waals surface area contributed by atoms with Gasteiger partial charge in [0.15, 0.2) is 0 Å². The van der Waals surface area contributed by atoms with Gasteiger partial charge in [-0.3, -0.25) is 0 Å². The lowest BCUT2D eigenvalue weighted by Crippen LogP contribution is -2.29. The lowest BCUT2D eigenvalue weighted by atomic mass is 10.7. The zero-order valence-corrected chi connectivity index (χ0v) is 3.49. The van der Waals surface area contributed by atoms with E-state index in [0.29, 0.717) is 0 Å². The average molecular weight is 91.1 g/mol. The highest BCUT2D eigenvalue weighted by Gasteiger charge is 2.12. The predicted molar refractivity (Wildman–Crippen MR) is 21.5 cm³/mol. The van der Waals surface area contributed by atoms with Gasteiger partial charge in [0.1, 0.15) is 5.37 Å². The number of rotatable bonds is 0. The van der Waals surface area contributed by atoms with Crippen molar-refractivity contribution >= 4 is 12.0 Å². The van der Waals surface area contributed by atoms with Gasteiger partial charge in [-0.1, -0.05) is 0 Å². The summed E-state index contributed by atoms with van der Waals surface area (Å²) in [5, 5.41) is 0.259. The van der Waals surface area contributed by atoms with Gasteiger partial charge in [-0.2, -0.15) is 0 Å². The summed E-state index contributed by atoms with van der Waals surface area (Å²) < 4.78 is 4.63. The van der Waals surface area contributed by atoms with E-state index >= 15 is 0 Å². The predicted octanol–water partition coefficient (Wildman–Crippen LogP) is -0.0504. The van der Waals surface area contributed by atoms with Crippen LogP contribution in [0, 0.1) is 0 Å². The molecule has 0 saturated carbocycles. The highest BCUT2D eigenvalue weighted by Crippen LogP contribution is 2.18. The van der Waals surface area contributed by atoms with Crippen molar-refractivity contribution in [3.63, 3.8) is 0 Å². The molecule has 5 heavy (non-hydrogen) atoms. The molecule has 2 N–H and O–H groups in total. The number of hydrogen-bond donors (Lipinski definition) is 1. The molecule has 1 rings (SSSR count). The molecule has 1 saturated heterocycles. The first-order chi connectivity index (χ1) is 2.39. The lowest BCUT2D eigenvalue weighted by Gasteiger charge is -2.17. The van der Waals surface area contributed by atoms with E-state index in [4.69, 9.17) is 5.73 Å². The first kappa shape index (κ1) is 3.46. The van der Waals surface area contributed by atoms with Crippen molar-refractivity contribution in [2.75, 3.05) is 6.61 Å². The molecule has 1 aliphatic rings. The summed E-state index contributed by atoms with van der Waals surface area (Å²) in [7, 11) is 0. The Balaban J connectivity index is 2.08. The molecular weight excluding hydrogens is 86.1 g/mol. The third-order valence-electron chi connectivity index (χ3n) is 0.424.